The molecule has 0 bridgehead atoms. The molecule has 0 aliphatic heterocycles. The molecule has 178 valence electrons. The molecule has 2 rings (SSSR count). The minimum Gasteiger partial charge on any atom is -0.0622 e. The Balaban J connectivity index is 0.000000631. The third-order valence-corrected chi connectivity index (χ3v) is 5.67. The van der Waals surface area contributed by atoms with Gasteiger partial charge in [-0.1, -0.05) is 152 Å². The first-order valence-corrected chi connectivity index (χ1v) is 13.1. The summed E-state index contributed by atoms with van der Waals surface area (Å²) in [5.41, 5.74) is 2.55. The van der Waals surface area contributed by atoms with Crippen molar-refractivity contribution in [3.8, 4) is 11.1 Å². The van der Waals surface area contributed by atoms with E-state index in [0.29, 0.717) is 0 Å². The maximum absolute atomic E-state index is 5.69. The Morgan fingerprint density at radius 3 is 1.09 bits per heavy atom. The molecule has 0 saturated carbocycles. The number of unbranched alkanes of at least 4 members (excludes halogenated alkanes) is 12. The Morgan fingerprint density at radius 2 is 0.750 bits per heavy atom. The standard InChI is InChI=1S/C18H38O.C12H10.Ca.2H/c1-3-5-7-9-11-13-15-17-19-18-16-14-12-10-8-6-4-2;1-3-7-11(8-4-1)12-9-5-2-6-10-12;;;/h3-18H2,1-2H3;1-10H;;;. The van der Waals surface area contributed by atoms with Gasteiger partial charge < -0.3 is 4.74 Å². The molecule has 0 atom stereocenters. The molecule has 0 amide bonds. The van der Waals surface area contributed by atoms with E-state index < -0.39 is 0 Å². The van der Waals surface area contributed by atoms with Crippen LogP contribution in [0.4, 0.5) is 0 Å². The van der Waals surface area contributed by atoms with Crippen LogP contribution >= 0.6 is 0 Å². The van der Waals surface area contributed by atoms with Gasteiger partial charge >= 0.3 is 37.7 Å². The van der Waals surface area contributed by atoms with Crippen LogP contribution in [0.1, 0.15) is 104 Å². The fourth-order valence-electron chi connectivity index (χ4n) is 3.69. The molecule has 0 unspecified atom stereocenters. The van der Waals surface area contributed by atoms with Gasteiger partial charge in [0, 0.05) is 13.2 Å². The van der Waals surface area contributed by atoms with Crippen molar-refractivity contribution in [3.63, 3.8) is 0 Å². The van der Waals surface area contributed by atoms with Crippen molar-refractivity contribution < 1.29 is 4.74 Å². The average molecular weight is 467 g/mol. The van der Waals surface area contributed by atoms with Crippen molar-refractivity contribution in [2.24, 2.45) is 0 Å². The molecule has 32 heavy (non-hydrogen) atoms. The van der Waals surface area contributed by atoms with Gasteiger partial charge in [0.1, 0.15) is 0 Å². The smallest absolute Gasteiger partial charge is 0.0184 e. The summed E-state index contributed by atoms with van der Waals surface area (Å²) in [7, 11) is 0. The molecule has 0 saturated heterocycles. The summed E-state index contributed by atoms with van der Waals surface area (Å²) in [5, 5.41) is 0. The van der Waals surface area contributed by atoms with Crippen molar-refractivity contribution in [2.45, 2.75) is 104 Å². The largest absolute Gasteiger partial charge is 0.0622 e. The van der Waals surface area contributed by atoms with Crippen molar-refractivity contribution in [2.75, 3.05) is 13.2 Å². The molecule has 1 nitrogen and oxygen atoms in total. The number of benzene rings is 2. The zero-order valence-electron chi connectivity index (χ0n) is 20.5. The van der Waals surface area contributed by atoms with Crippen LogP contribution in [0.5, 0.6) is 0 Å². The normalized spacial score (nSPS) is 10.2. The van der Waals surface area contributed by atoms with Gasteiger partial charge in [0.25, 0.3) is 0 Å². The quantitative estimate of drug-likeness (QED) is 0.167. The summed E-state index contributed by atoms with van der Waals surface area (Å²) < 4.78 is 5.69. The molecule has 0 aromatic heterocycles. The Hall–Kier alpha value is -0.340. The number of hydrogen-bond acceptors (Lipinski definition) is 1. The third-order valence-electron chi connectivity index (χ3n) is 5.67. The second-order valence-corrected chi connectivity index (χ2v) is 8.59. The zero-order valence-corrected chi connectivity index (χ0v) is 20.5. The second kappa shape index (κ2) is 25.3. The first-order valence-electron chi connectivity index (χ1n) is 13.1. The fourth-order valence-corrected chi connectivity index (χ4v) is 3.69. The maximum Gasteiger partial charge on any atom is -0.0184 e. The number of hydrogen-bond donors (Lipinski definition) is 0. The topological polar surface area (TPSA) is 9.23 Å². The number of rotatable bonds is 17. The zero-order chi connectivity index (χ0) is 22.2. The van der Waals surface area contributed by atoms with Gasteiger partial charge in [0.05, 0.1) is 0 Å². The molecule has 0 N–H and O–H groups in total. The summed E-state index contributed by atoms with van der Waals surface area (Å²) in [5.74, 6) is 0. The molecule has 0 aliphatic carbocycles. The summed E-state index contributed by atoms with van der Waals surface area (Å²) in [4.78, 5) is 0. The van der Waals surface area contributed by atoms with Gasteiger partial charge in [-0.2, -0.15) is 0 Å². The van der Waals surface area contributed by atoms with Crippen LogP contribution in [0, 0.1) is 0 Å². The monoisotopic (exact) mass is 466 g/mol. The molecule has 2 aromatic carbocycles. The molecule has 0 spiro atoms. The Kier molecular flexibility index (Phi) is 25.0. The van der Waals surface area contributed by atoms with E-state index in [4.69, 9.17) is 4.74 Å². The predicted octanol–water partition coefficient (Wildman–Crippen LogP) is 8.94. The minimum atomic E-state index is 0. The molecule has 0 aliphatic rings. The second-order valence-electron chi connectivity index (χ2n) is 8.59. The van der Waals surface area contributed by atoms with Gasteiger partial charge in [-0.3, -0.25) is 0 Å². The van der Waals surface area contributed by atoms with E-state index in [1.54, 1.807) is 0 Å². The third kappa shape index (κ3) is 19.2. The van der Waals surface area contributed by atoms with Crippen LogP contribution in [-0.4, -0.2) is 51.0 Å². The van der Waals surface area contributed by atoms with E-state index in [1.165, 1.54) is 101 Å². The van der Waals surface area contributed by atoms with Crippen LogP contribution in [0.25, 0.3) is 11.1 Å². The Bertz CT molecular complexity index is 531. The van der Waals surface area contributed by atoms with Crippen molar-refractivity contribution >= 4 is 37.7 Å². The molecule has 2 heteroatoms. The Labute approximate surface area is 229 Å². The minimum absolute atomic E-state index is 0. The van der Waals surface area contributed by atoms with Gasteiger partial charge in [-0.15, -0.1) is 0 Å². The van der Waals surface area contributed by atoms with Gasteiger partial charge in [-0.05, 0) is 24.0 Å². The van der Waals surface area contributed by atoms with E-state index in [2.05, 4.69) is 62.4 Å². The molecular weight excluding hydrogens is 416 g/mol. The van der Waals surface area contributed by atoms with Gasteiger partial charge in [-0.25, -0.2) is 0 Å². The molecule has 0 radical (unpaired) electrons. The predicted molar refractivity (Wildman–Crippen MR) is 147 cm³/mol. The van der Waals surface area contributed by atoms with Crippen molar-refractivity contribution in [1.82, 2.24) is 0 Å². The van der Waals surface area contributed by atoms with Crippen molar-refractivity contribution in [1.29, 1.82) is 0 Å². The van der Waals surface area contributed by atoms with Crippen molar-refractivity contribution in [3.05, 3.63) is 60.7 Å². The van der Waals surface area contributed by atoms with Crippen LogP contribution in [0.2, 0.25) is 0 Å². The summed E-state index contributed by atoms with van der Waals surface area (Å²) in [6.45, 7) is 6.53. The first kappa shape index (κ1) is 31.7. The van der Waals surface area contributed by atoms with E-state index in [9.17, 15) is 0 Å². The van der Waals surface area contributed by atoms with Crippen LogP contribution in [-0.2, 0) is 4.74 Å². The summed E-state index contributed by atoms with van der Waals surface area (Å²) in [6.07, 6.45) is 19.3. The molecular formula is C30H50CaO. The van der Waals surface area contributed by atoms with E-state index >= 15 is 0 Å². The molecule has 2 aromatic rings. The van der Waals surface area contributed by atoms with E-state index in [-0.39, 0.29) is 37.7 Å². The van der Waals surface area contributed by atoms with E-state index in [1.807, 2.05) is 12.1 Å². The van der Waals surface area contributed by atoms with Gasteiger partial charge in [0.2, 0.25) is 0 Å². The molecule has 0 fully saturated rings. The SMILES string of the molecule is CCCCCCCCCOCCCCCCCCC.[CaH2].c1ccc(-c2ccccc2)cc1. The van der Waals surface area contributed by atoms with Crippen LogP contribution in [0.15, 0.2) is 60.7 Å². The molecule has 0 heterocycles. The van der Waals surface area contributed by atoms with Crippen LogP contribution in [0.3, 0.4) is 0 Å². The summed E-state index contributed by atoms with van der Waals surface area (Å²) >= 11 is 0. The average Bonchev–Trinajstić information content (AvgIpc) is 2.83. The van der Waals surface area contributed by atoms with E-state index in [0.717, 1.165) is 13.2 Å². The maximum atomic E-state index is 5.69. The summed E-state index contributed by atoms with van der Waals surface area (Å²) in [6, 6.07) is 20.8. The first-order chi connectivity index (χ1) is 15.4. The Morgan fingerprint density at radius 1 is 0.438 bits per heavy atom. The fraction of sp³-hybridized carbons (Fsp3) is 0.600. The van der Waals surface area contributed by atoms with Gasteiger partial charge in [0.15, 0.2) is 0 Å². The number of ether oxygens (including phenoxy) is 1. The van der Waals surface area contributed by atoms with Crippen LogP contribution < -0.4 is 0 Å².